The van der Waals surface area contributed by atoms with Crippen molar-refractivity contribution in [3.63, 3.8) is 0 Å². The lowest BCUT2D eigenvalue weighted by Crippen LogP contribution is -2.06. The van der Waals surface area contributed by atoms with E-state index < -0.39 is 0 Å². The smallest absolute Gasteiger partial charge is 0.130 e. The predicted octanol–water partition coefficient (Wildman–Crippen LogP) is 2.94. The number of nitrogens with one attached hydrogen (secondary N) is 1. The van der Waals surface area contributed by atoms with E-state index >= 15 is 0 Å². The van der Waals surface area contributed by atoms with E-state index in [0.29, 0.717) is 0 Å². The lowest BCUT2D eigenvalue weighted by Gasteiger charge is -2.11. The molecule has 0 spiro atoms. The van der Waals surface area contributed by atoms with Crippen LogP contribution in [0.5, 0.6) is 5.75 Å². The number of benzene rings is 1. The average Bonchev–Trinajstić information content (AvgIpc) is 2.79. The SMILES string of the molecule is CC(C)Oc1cccc(CNc2cnns2)c1. The summed E-state index contributed by atoms with van der Waals surface area (Å²) in [6.07, 6.45) is 1.92. The summed E-state index contributed by atoms with van der Waals surface area (Å²) >= 11 is 1.35. The van der Waals surface area contributed by atoms with Gasteiger partial charge in [-0.3, -0.25) is 0 Å². The maximum atomic E-state index is 5.64. The number of hydrogen-bond donors (Lipinski definition) is 1. The molecular formula is C12H15N3OS. The van der Waals surface area contributed by atoms with Crippen LogP contribution in [0.2, 0.25) is 0 Å². The van der Waals surface area contributed by atoms with Gasteiger partial charge in [-0.1, -0.05) is 16.6 Å². The Morgan fingerprint density at radius 1 is 1.41 bits per heavy atom. The van der Waals surface area contributed by atoms with Crippen LogP contribution in [0.1, 0.15) is 19.4 Å². The number of aromatic nitrogens is 2. The van der Waals surface area contributed by atoms with Gasteiger partial charge in [0.25, 0.3) is 0 Å². The molecule has 0 radical (unpaired) electrons. The average molecular weight is 249 g/mol. The van der Waals surface area contributed by atoms with Gasteiger partial charge in [-0.15, -0.1) is 5.10 Å². The molecule has 0 aliphatic rings. The number of rotatable bonds is 5. The summed E-state index contributed by atoms with van der Waals surface area (Å²) in [5, 5.41) is 8.00. The zero-order valence-electron chi connectivity index (χ0n) is 9.88. The highest BCUT2D eigenvalue weighted by atomic mass is 32.1. The van der Waals surface area contributed by atoms with Crippen LogP contribution in [0, 0.1) is 0 Å². The molecule has 0 saturated heterocycles. The van der Waals surface area contributed by atoms with Crippen LogP contribution in [0.4, 0.5) is 5.00 Å². The van der Waals surface area contributed by atoms with Crippen LogP contribution in [-0.4, -0.2) is 15.7 Å². The molecule has 0 atom stereocenters. The monoisotopic (exact) mass is 249 g/mol. The zero-order chi connectivity index (χ0) is 12.1. The van der Waals surface area contributed by atoms with Gasteiger partial charge in [0.15, 0.2) is 0 Å². The summed E-state index contributed by atoms with van der Waals surface area (Å²) in [7, 11) is 0. The largest absolute Gasteiger partial charge is 0.491 e. The third-order valence-corrected chi connectivity index (χ3v) is 2.72. The van der Waals surface area contributed by atoms with Crippen LogP contribution in [0.3, 0.4) is 0 Å². The summed E-state index contributed by atoms with van der Waals surface area (Å²) in [6, 6.07) is 8.08. The Morgan fingerprint density at radius 2 is 2.29 bits per heavy atom. The molecule has 1 aromatic heterocycles. The van der Waals surface area contributed by atoms with Crippen molar-refractivity contribution in [2.24, 2.45) is 0 Å². The molecule has 0 amide bonds. The molecule has 1 aromatic carbocycles. The normalized spacial score (nSPS) is 10.5. The van der Waals surface area contributed by atoms with Crippen molar-refractivity contribution in [3.8, 4) is 5.75 Å². The summed E-state index contributed by atoms with van der Waals surface area (Å²) in [5.41, 5.74) is 1.18. The lowest BCUT2D eigenvalue weighted by atomic mass is 10.2. The van der Waals surface area contributed by atoms with Crippen molar-refractivity contribution < 1.29 is 4.74 Å². The lowest BCUT2D eigenvalue weighted by molar-refractivity contribution is 0.242. The molecule has 5 heteroatoms. The van der Waals surface area contributed by atoms with Crippen LogP contribution in [-0.2, 0) is 6.54 Å². The van der Waals surface area contributed by atoms with Gasteiger partial charge in [0.05, 0.1) is 12.3 Å². The van der Waals surface area contributed by atoms with Crippen molar-refractivity contribution in [1.29, 1.82) is 0 Å². The third kappa shape index (κ3) is 3.71. The van der Waals surface area contributed by atoms with Gasteiger partial charge in [-0.05, 0) is 31.5 Å². The number of nitrogens with zero attached hydrogens (tertiary/aromatic N) is 2. The first-order valence-corrected chi connectivity index (χ1v) is 6.28. The second kappa shape index (κ2) is 5.63. The van der Waals surface area contributed by atoms with Gasteiger partial charge in [-0.25, -0.2) is 0 Å². The van der Waals surface area contributed by atoms with Crippen LogP contribution >= 0.6 is 11.5 Å². The minimum atomic E-state index is 0.198. The third-order valence-electron chi connectivity index (χ3n) is 2.10. The molecule has 0 fully saturated rings. The Kier molecular flexibility index (Phi) is 3.93. The van der Waals surface area contributed by atoms with E-state index in [9.17, 15) is 0 Å². The van der Waals surface area contributed by atoms with Crippen LogP contribution in [0.15, 0.2) is 30.5 Å². The highest BCUT2D eigenvalue weighted by Gasteiger charge is 2.00. The molecule has 0 aliphatic carbocycles. The second-order valence-electron chi connectivity index (χ2n) is 3.95. The quantitative estimate of drug-likeness (QED) is 0.885. The minimum Gasteiger partial charge on any atom is -0.491 e. The van der Waals surface area contributed by atoms with Gasteiger partial charge in [0.2, 0.25) is 0 Å². The van der Waals surface area contributed by atoms with Crippen molar-refractivity contribution in [1.82, 2.24) is 9.59 Å². The molecular weight excluding hydrogens is 234 g/mol. The van der Waals surface area contributed by atoms with Crippen molar-refractivity contribution >= 4 is 16.5 Å². The zero-order valence-corrected chi connectivity index (χ0v) is 10.7. The fourth-order valence-corrected chi connectivity index (χ4v) is 1.85. The fraction of sp³-hybridized carbons (Fsp3) is 0.333. The highest BCUT2D eigenvalue weighted by molar-refractivity contribution is 7.09. The van der Waals surface area contributed by atoms with Gasteiger partial charge in [0.1, 0.15) is 10.8 Å². The molecule has 90 valence electrons. The first-order chi connectivity index (χ1) is 8.24. The van der Waals surface area contributed by atoms with E-state index in [1.807, 2.05) is 32.0 Å². The molecule has 0 unspecified atom stereocenters. The molecule has 1 heterocycles. The second-order valence-corrected chi connectivity index (χ2v) is 4.74. The molecule has 17 heavy (non-hydrogen) atoms. The van der Waals surface area contributed by atoms with Crippen LogP contribution < -0.4 is 10.1 Å². The van der Waals surface area contributed by atoms with Crippen molar-refractivity contribution in [2.45, 2.75) is 26.5 Å². The van der Waals surface area contributed by atoms with E-state index in [-0.39, 0.29) is 6.10 Å². The minimum absolute atomic E-state index is 0.198. The maximum absolute atomic E-state index is 5.64. The Balaban J connectivity index is 1.96. The fourth-order valence-electron chi connectivity index (χ4n) is 1.44. The number of anilines is 1. The summed E-state index contributed by atoms with van der Waals surface area (Å²) in [6.45, 7) is 4.79. The predicted molar refractivity (Wildman–Crippen MR) is 69.4 cm³/mol. The first kappa shape index (κ1) is 11.9. The van der Waals surface area contributed by atoms with Gasteiger partial charge in [-0.2, -0.15) is 0 Å². The van der Waals surface area contributed by atoms with E-state index in [4.69, 9.17) is 4.74 Å². The van der Waals surface area contributed by atoms with E-state index in [1.54, 1.807) is 6.20 Å². The highest BCUT2D eigenvalue weighted by Crippen LogP contribution is 2.17. The molecule has 0 bridgehead atoms. The van der Waals surface area contributed by atoms with Gasteiger partial charge >= 0.3 is 0 Å². The number of ether oxygens (including phenoxy) is 1. The number of hydrogen-bond acceptors (Lipinski definition) is 5. The molecule has 0 saturated carbocycles. The van der Waals surface area contributed by atoms with E-state index in [2.05, 4.69) is 21.0 Å². The molecule has 2 rings (SSSR count). The van der Waals surface area contributed by atoms with E-state index in [0.717, 1.165) is 17.3 Å². The maximum Gasteiger partial charge on any atom is 0.130 e. The van der Waals surface area contributed by atoms with Crippen molar-refractivity contribution in [2.75, 3.05) is 5.32 Å². The Hall–Kier alpha value is -1.62. The van der Waals surface area contributed by atoms with Gasteiger partial charge < -0.3 is 10.1 Å². The first-order valence-electron chi connectivity index (χ1n) is 5.51. The Bertz CT molecular complexity index is 457. The van der Waals surface area contributed by atoms with Crippen LogP contribution in [0.25, 0.3) is 0 Å². The standard InChI is InChI=1S/C12H15N3OS/c1-9(2)16-11-5-3-4-10(6-11)7-13-12-8-14-15-17-12/h3-6,8-9,13H,7H2,1-2H3. The van der Waals surface area contributed by atoms with E-state index in [1.165, 1.54) is 17.1 Å². The Labute approximate surface area is 105 Å². The molecule has 4 nitrogen and oxygen atoms in total. The molecule has 1 N–H and O–H groups in total. The molecule has 2 aromatic rings. The topological polar surface area (TPSA) is 47.0 Å². The summed E-state index contributed by atoms with van der Waals surface area (Å²) in [5.74, 6) is 0.904. The molecule has 0 aliphatic heterocycles. The Morgan fingerprint density at radius 3 is 3.00 bits per heavy atom. The van der Waals surface area contributed by atoms with Gasteiger partial charge in [0, 0.05) is 18.1 Å². The van der Waals surface area contributed by atoms with Crippen molar-refractivity contribution in [3.05, 3.63) is 36.0 Å². The summed E-state index contributed by atoms with van der Waals surface area (Å²) < 4.78 is 9.44. The summed E-state index contributed by atoms with van der Waals surface area (Å²) in [4.78, 5) is 0.